The zero-order chi connectivity index (χ0) is 19.8. The number of hydrogen-bond donors (Lipinski definition) is 2. The Bertz CT molecular complexity index is 973. The molecule has 2 aliphatic carbocycles. The van der Waals surface area contributed by atoms with Crippen molar-refractivity contribution in [3.8, 4) is 5.75 Å². The average molecular weight is 409 g/mol. The minimum atomic E-state index is -0.533. The molecule has 2 saturated carbocycles. The first-order valence-electron chi connectivity index (χ1n) is 10.6. The van der Waals surface area contributed by atoms with E-state index in [9.17, 15) is 5.11 Å². The molecule has 1 aromatic heterocycles. The Labute approximate surface area is 175 Å². The summed E-state index contributed by atoms with van der Waals surface area (Å²) in [5.74, 6) is 2.89. The summed E-state index contributed by atoms with van der Waals surface area (Å²) in [6.07, 6.45) is 3.43. The summed E-state index contributed by atoms with van der Waals surface area (Å²) in [5.41, 5.74) is 2.40. The van der Waals surface area contributed by atoms with Gasteiger partial charge in [0.1, 0.15) is 18.5 Å². The summed E-state index contributed by atoms with van der Waals surface area (Å²) in [6.45, 7) is 2.86. The van der Waals surface area contributed by atoms with Crippen LogP contribution in [0.1, 0.15) is 35.8 Å². The number of benzene rings is 2. The van der Waals surface area contributed by atoms with Gasteiger partial charge in [0.2, 0.25) is 0 Å². The topological polar surface area (TPSA) is 54.4 Å². The van der Waals surface area contributed by atoms with E-state index in [1.54, 1.807) is 11.3 Å². The van der Waals surface area contributed by atoms with Gasteiger partial charge in [-0.3, -0.25) is 0 Å². The second kappa shape index (κ2) is 8.05. The zero-order valence-electron chi connectivity index (χ0n) is 16.8. The summed E-state index contributed by atoms with van der Waals surface area (Å²) < 4.78 is 7.02. The third kappa shape index (κ3) is 3.79. The molecule has 2 N–H and O–H groups in total. The fourth-order valence-corrected chi connectivity index (χ4v) is 6.29. The number of aliphatic hydroxyl groups excluding tert-OH is 1. The first-order chi connectivity index (χ1) is 14.2. The standard InChI is InChI=1S/C24H28N2O2S/c1-15-26-20-8-5-9-21(24(20)29-15)28-14-19(27)13-25-23-18-11-10-17(12-18)22(23)16-6-3-2-4-7-16/h2-9,17-19,22-23,25,27H,10-14H2,1H3. The number of hydrogen-bond acceptors (Lipinski definition) is 5. The largest absolute Gasteiger partial charge is 0.489 e. The number of nitrogens with one attached hydrogen (secondary N) is 1. The number of aryl methyl sites for hydroxylation is 1. The molecule has 5 unspecified atom stereocenters. The normalized spacial score (nSPS) is 26.8. The van der Waals surface area contributed by atoms with Crippen molar-refractivity contribution in [1.29, 1.82) is 0 Å². The molecular weight excluding hydrogens is 380 g/mol. The molecule has 5 atom stereocenters. The molecule has 0 aliphatic heterocycles. The second-order valence-electron chi connectivity index (χ2n) is 8.51. The Morgan fingerprint density at radius 1 is 1.14 bits per heavy atom. The summed E-state index contributed by atoms with van der Waals surface area (Å²) >= 11 is 1.64. The van der Waals surface area contributed by atoms with Crippen LogP contribution in [-0.4, -0.2) is 35.4 Å². The van der Waals surface area contributed by atoms with Crippen molar-refractivity contribution < 1.29 is 9.84 Å². The summed E-state index contributed by atoms with van der Waals surface area (Å²) in [4.78, 5) is 4.51. The van der Waals surface area contributed by atoms with Gasteiger partial charge in [-0.1, -0.05) is 36.4 Å². The zero-order valence-corrected chi connectivity index (χ0v) is 17.6. The minimum absolute atomic E-state index is 0.292. The maximum atomic E-state index is 10.6. The van der Waals surface area contributed by atoms with E-state index in [-0.39, 0.29) is 0 Å². The first-order valence-corrected chi connectivity index (χ1v) is 11.5. The van der Waals surface area contributed by atoms with Gasteiger partial charge in [0.15, 0.2) is 0 Å². The predicted octanol–water partition coefficient (Wildman–Crippen LogP) is 4.52. The molecule has 2 aromatic carbocycles. The van der Waals surface area contributed by atoms with Crippen LogP contribution in [0, 0.1) is 18.8 Å². The Balaban J connectivity index is 1.20. The predicted molar refractivity (Wildman–Crippen MR) is 118 cm³/mol. The van der Waals surface area contributed by atoms with Gasteiger partial charge in [0, 0.05) is 18.5 Å². The first kappa shape index (κ1) is 19.0. The van der Waals surface area contributed by atoms with E-state index >= 15 is 0 Å². The van der Waals surface area contributed by atoms with E-state index in [4.69, 9.17) is 4.74 Å². The van der Waals surface area contributed by atoms with Crippen molar-refractivity contribution in [3.05, 3.63) is 59.1 Å². The SMILES string of the molecule is Cc1nc2cccc(OCC(O)CNC3C4CCC(C4)C3c3ccccc3)c2s1. The number of nitrogens with zero attached hydrogens (tertiary/aromatic N) is 1. The number of aliphatic hydroxyl groups is 1. The van der Waals surface area contributed by atoms with Crippen LogP contribution < -0.4 is 10.1 Å². The summed E-state index contributed by atoms with van der Waals surface area (Å²) in [7, 11) is 0. The average Bonchev–Trinajstić information content (AvgIpc) is 3.44. The highest BCUT2D eigenvalue weighted by Gasteiger charge is 2.47. The number of rotatable bonds is 7. The lowest BCUT2D eigenvalue weighted by atomic mass is 9.80. The van der Waals surface area contributed by atoms with Gasteiger partial charge in [0.25, 0.3) is 0 Å². The van der Waals surface area contributed by atoms with E-state index in [2.05, 4.69) is 40.6 Å². The van der Waals surface area contributed by atoms with Crippen LogP contribution in [0.5, 0.6) is 5.75 Å². The molecule has 2 fully saturated rings. The Kier molecular flexibility index (Phi) is 5.29. The molecule has 2 bridgehead atoms. The van der Waals surface area contributed by atoms with Crippen LogP contribution in [-0.2, 0) is 0 Å². The van der Waals surface area contributed by atoms with Crippen LogP contribution >= 0.6 is 11.3 Å². The molecule has 5 heteroatoms. The summed E-state index contributed by atoms with van der Waals surface area (Å²) in [6, 6.07) is 17.3. The van der Waals surface area contributed by atoms with Crippen molar-refractivity contribution >= 4 is 21.6 Å². The Morgan fingerprint density at radius 3 is 2.83 bits per heavy atom. The molecule has 0 saturated heterocycles. The molecule has 0 amide bonds. The van der Waals surface area contributed by atoms with Gasteiger partial charge >= 0.3 is 0 Å². The molecule has 152 valence electrons. The van der Waals surface area contributed by atoms with Gasteiger partial charge in [-0.25, -0.2) is 4.98 Å². The second-order valence-corrected chi connectivity index (χ2v) is 9.71. The maximum Gasteiger partial charge on any atom is 0.138 e. The van der Waals surface area contributed by atoms with Crippen molar-refractivity contribution in [2.24, 2.45) is 11.8 Å². The third-order valence-corrected chi connectivity index (χ3v) is 7.61. The maximum absolute atomic E-state index is 10.6. The van der Waals surface area contributed by atoms with Crippen molar-refractivity contribution in [1.82, 2.24) is 10.3 Å². The van der Waals surface area contributed by atoms with Crippen molar-refractivity contribution in [2.45, 2.75) is 44.2 Å². The highest BCUT2D eigenvalue weighted by Crippen LogP contribution is 2.52. The van der Waals surface area contributed by atoms with Crippen LogP contribution in [0.4, 0.5) is 0 Å². The molecule has 29 heavy (non-hydrogen) atoms. The summed E-state index contributed by atoms with van der Waals surface area (Å²) in [5, 5.41) is 15.3. The lowest BCUT2D eigenvalue weighted by molar-refractivity contribution is 0.100. The molecule has 4 nitrogen and oxygen atoms in total. The van der Waals surface area contributed by atoms with Gasteiger partial charge in [-0.2, -0.15) is 0 Å². The number of aromatic nitrogens is 1. The van der Waals surface area contributed by atoms with Gasteiger partial charge < -0.3 is 15.2 Å². The van der Waals surface area contributed by atoms with Crippen LogP contribution in [0.3, 0.4) is 0 Å². The molecule has 0 spiro atoms. The van der Waals surface area contributed by atoms with E-state index in [0.717, 1.165) is 32.8 Å². The Morgan fingerprint density at radius 2 is 1.97 bits per heavy atom. The fraction of sp³-hybridized carbons (Fsp3) is 0.458. The highest BCUT2D eigenvalue weighted by atomic mass is 32.1. The van der Waals surface area contributed by atoms with Crippen LogP contribution in [0.25, 0.3) is 10.2 Å². The number of fused-ring (bicyclic) bond motifs is 3. The van der Waals surface area contributed by atoms with E-state index < -0.39 is 6.10 Å². The van der Waals surface area contributed by atoms with Gasteiger partial charge in [0.05, 0.1) is 15.2 Å². The third-order valence-electron chi connectivity index (χ3n) is 6.61. The van der Waals surface area contributed by atoms with Crippen LogP contribution in [0.15, 0.2) is 48.5 Å². The molecule has 0 radical (unpaired) electrons. The quantitative estimate of drug-likeness (QED) is 0.604. The molecule has 3 aromatic rings. The van der Waals surface area contributed by atoms with E-state index in [0.29, 0.717) is 25.1 Å². The minimum Gasteiger partial charge on any atom is -0.489 e. The van der Waals surface area contributed by atoms with E-state index in [1.807, 2.05) is 25.1 Å². The highest BCUT2D eigenvalue weighted by molar-refractivity contribution is 7.18. The lowest BCUT2D eigenvalue weighted by Crippen LogP contribution is -2.44. The molecular formula is C24H28N2O2S. The molecule has 1 heterocycles. The monoisotopic (exact) mass is 408 g/mol. The smallest absolute Gasteiger partial charge is 0.138 e. The van der Waals surface area contributed by atoms with E-state index in [1.165, 1.54) is 24.8 Å². The fourth-order valence-electron chi connectivity index (χ4n) is 5.41. The van der Waals surface area contributed by atoms with Crippen LogP contribution in [0.2, 0.25) is 0 Å². The van der Waals surface area contributed by atoms with Crippen molar-refractivity contribution in [3.63, 3.8) is 0 Å². The number of ether oxygens (including phenoxy) is 1. The molecule has 5 rings (SSSR count). The van der Waals surface area contributed by atoms with Gasteiger partial charge in [-0.05, 0) is 55.7 Å². The number of thiazole rings is 1. The van der Waals surface area contributed by atoms with Crippen molar-refractivity contribution in [2.75, 3.05) is 13.2 Å². The lowest BCUT2D eigenvalue weighted by Gasteiger charge is -2.33. The molecule has 2 aliphatic rings. The Hall–Kier alpha value is -1.95. The van der Waals surface area contributed by atoms with Gasteiger partial charge in [-0.15, -0.1) is 11.3 Å².